The zero-order valence-corrected chi connectivity index (χ0v) is 19.1. The number of methoxy groups -OCH3 is 2. The molecule has 1 aliphatic rings. The first-order chi connectivity index (χ1) is 17.0. The Kier molecular flexibility index (Phi) is 5.77. The molecule has 0 aliphatic heterocycles. The lowest BCUT2D eigenvalue weighted by atomic mass is 10.2. The summed E-state index contributed by atoms with van der Waals surface area (Å²) < 4.78 is 25.5. The van der Waals surface area contributed by atoms with Gasteiger partial charge in [-0.3, -0.25) is 14.5 Å². The van der Waals surface area contributed by atoms with Crippen molar-refractivity contribution in [1.82, 2.24) is 14.4 Å². The molecule has 0 atom stereocenters. The van der Waals surface area contributed by atoms with Crippen LogP contribution in [0.1, 0.15) is 23.2 Å². The van der Waals surface area contributed by atoms with Gasteiger partial charge in [0.05, 0.1) is 31.7 Å². The van der Waals surface area contributed by atoms with Gasteiger partial charge in [0.15, 0.2) is 11.6 Å². The standard InChI is InChI=1S/C25H22FN5O4/c1-34-21-11-18(7-8-19(21)26)31(17-5-6-17)24(32)16-4-10-23-28-13-20(30(23)14-16)15-3-9-22(27-12-15)29-25(33)35-2/h3-4,7-14,17H,5-6H2,1-2H3,(H,27,29,33). The zero-order valence-electron chi connectivity index (χ0n) is 19.1. The van der Waals surface area contributed by atoms with Crippen molar-refractivity contribution >= 4 is 29.2 Å². The number of nitrogens with one attached hydrogen (secondary N) is 1. The van der Waals surface area contributed by atoms with Crippen LogP contribution < -0.4 is 15.0 Å². The van der Waals surface area contributed by atoms with Crippen LogP contribution in [0, 0.1) is 5.82 Å². The van der Waals surface area contributed by atoms with Crippen LogP contribution in [0.5, 0.6) is 5.75 Å². The van der Waals surface area contributed by atoms with Gasteiger partial charge in [0, 0.05) is 35.8 Å². The van der Waals surface area contributed by atoms with Crippen LogP contribution in [0.3, 0.4) is 0 Å². The number of carbonyl (C=O) groups excluding carboxylic acids is 2. The van der Waals surface area contributed by atoms with E-state index in [4.69, 9.17) is 4.74 Å². The molecule has 1 N–H and O–H groups in total. The van der Waals surface area contributed by atoms with Gasteiger partial charge in [-0.05, 0) is 49.2 Å². The third kappa shape index (κ3) is 4.37. The van der Waals surface area contributed by atoms with Gasteiger partial charge in [-0.1, -0.05) is 0 Å². The molecule has 0 saturated heterocycles. The van der Waals surface area contributed by atoms with E-state index in [1.54, 1.807) is 59.9 Å². The number of anilines is 2. The number of benzene rings is 1. The van der Waals surface area contributed by atoms with Crippen LogP contribution >= 0.6 is 0 Å². The second kappa shape index (κ2) is 9.05. The summed E-state index contributed by atoms with van der Waals surface area (Å²) in [6.07, 6.45) is 6.17. The first-order valence-corrected chi connectivity index (χ1v) is 10.9. The molecule has 1 saturated carbocycles. The van der Waals surface area contributed by atoms with Gasteiger partial charge in [-0.15, -0.1) is 0 Å². The summed E-state index contributed by atoms with van der Waals surface area (Å²) in [6.45, 7) is 0. The SMILES string of the molecule is COC(=O)Nc1ccc(-c2cnc3ccc(C(=O)N(c4ccc(F)c(OC)c4)C4CC4)cn23)cn1. The molecular formula is C25H22FN5O4. The van der Waals surface area contributed by atoms with Crippen LogP contribution in [0.2, 0.25) is 0 Å². The Morgan fingerprint density at radius 3 is 2.60 bits per heavy atom. The predicted octanol–water partition coefficient (Wildman–Crippen LogP) is 4.53. The van der Waals surface area contributed by atoms with Gasteiger partial charge in [0.25, 0.3) is 5.91 Å². The molecule has 35 heavy (non-hydrogen) atoms. The van der Waals surface area contributed by atoms with Crippen molar-refractivity contribution in [2.45, 2.75) is 18.9 Å². The number of pyridine rings is 2. The van der Waals surface area contributed by atoms with Crippen molar-refractivity contribution in [3.05, 3.63) is 72.4 Å². The Bertz CT molecular complexity index is 1420. The Morgan fingerprint density at radius 2 is 1.91 bits per heavy atom. The van der Waals surface area contributed by atoms with E-state index in [0.717, 1.165) is 24.1 Å². The lowest BCUT2D eigenvalue weighted by Crippen LogP contribution is -2.33. The summed E-state index contributed by atoms with van der Waals surface area (Å²) >= 11 is 0. The molecular weight excluding hydrogens is 453 g/mol. The van der Waals surface area contributed by atoms with E-state index in [1.807, 2.05) is 4.40 Å². The molecule has 0 unspecified atom stereocenters. The smallest absolute Gasteiger partial charge is 0.412 e. The molecule has 9 nitrogen and oxygen atoms in total. The molecule has 3 aromatic heterocycles. The third-order valence-electron chi connectivity index (χ3n) is 5.77. The quantitative estimate of drug-likeness (QED) is 0.440. The highest BCUT2D eigenvalue weighted by atomic mass is 19.1. The molecule has 10 heteroatoms. The summed E-state index contributed by atoms with van der Waals surface area (Å²) in [4.78, 5) is 35.3. The fourth-order valence-electron chi connectivity index (χ4n) is 3.86. The third-order valence-corrected chi connectivity index (χ3v) is 5.77. The van der Waals surface area contributed by atoms with Crippen LogP contribution in [0.4, 0.5) is 20.7 Å². The molecule has 2 amide bonds. The van der Waals surface area contributed by atoms with Crippen LogP contribution in [-0.2, 0) is 4.74 Å². The number of rotatable bonds is 6. The van der Waals surface area contributed by atoms with Gasteiger partial charge in [-0.25, -0.2) is 19.2 Å². The largest absolute Gasteiger partial charge is 0.494 e. The van der Waals surface area contributed by atoms with E-state index in [1.165, 1.54) is 20.3 Å². The first-order valence-electron chi connectivity index (χ1n) is 10.9. The van der Waals surface area contributed by atoms with Crippen molar-refractivity contribution in [2.75, 3.05) is 24.4 Å². The molecule has 0 radical (unpaired) electrons. The lowest BCUT2D eigenvalue weighted by Gasteiger charge is -2.23. The van der Waals surface area contributed by atoms with Crippen LogP contribution in [0.15, 0.2) is 61.1 Å². The van der Waals surface area contributed by atoms with Crippen molar-refractivity contribution in [1.29, 1.82) is 0 Å². The van der Waals surface area contributed by atoms with E-state index in [-0.39, 0.29) is 17.7 Å². The minimum atomic E-state index is -0.609. The normalized spacial score (nSPS) is 12.9. The average Bonchev–Trinajstić information content (AvgIpc) is 3.62. The van der Waals surface area contributed by atoms with Crippen LogP contribution in [-0.4, -0.2) is 46.6 Å². The summed E-state index contributed by atoms with van der Waals surface area (Å²) in [5.74, 6) is -0.241. The van der Waals surface area contributed by atoms with Crippen molar-refractivity contribution in [2.24, 2.45) is 0 Å². The van der Waals surface area contributed by atoms with E-state index in [2.05, 4.69) is 20.0 Å². The number of nitrogens with zero attached hydrogens (tertiary/aromatic N) is 4. The number of fused-ring (bicyclic) bond motifs is 1. The molecule has 5 rings (SSSR count). The number of carbonyl (C=O) groups is 2. The summed E-state index contributed by atoms with van der Waals surface area (Å²) in [5.41, 5.74) is 3.19. The maximum absolute atomic E-state index is 14.0. The van der Waals surface area contributed by atoms with Gasteiger partial charge < -0.3 is 14.4 Å². The predicted molar refractivity (Wildman–Crippen MR) is 127 cm³/mol. The maximum atomic E-state index is 14.0. The summed E-state index contributed by atoms with van der Waals surface area (Å²) in [5, 5.41) is 2.50. The van der Waals surface area contributed by atoms with E-state index in [0.29, 0.717) is 22.7 Å². The number of hydrogen-bond acceptors (Lipinski definition) is 6. The monoisotopic (exact) mass is 475 g/mol. The topological polar surface area (TPSA) is 98.1 Å². The Morgan fingerprint density at radius 1 is 1.09 bits per heavy atom. The Labute approximate surface area is 200 Å². The fraction of sp³-hybridized carbons (Fsp3) is 0.200. The second-order valence-electron chi connectivity index (χ2n) is 8.06. The van der Waals surface area contributed by atoms with Crippen molar-refractivity contribution < 1.29 is 23.5 Å². The van der Waals surface area contributed by atoms with Gasteiger partial charge >= 0.3 is 6.09 Å². The van der Waals surface area contributed by atoms with Crippen LogP contribution in [0.25, 0.3) is 16.9 Å². The number of halogens is 1. The number of aromatic nitrogens is 3. The average molecular weight is 475 g/mol. The lowest BCUT2D eigenvalue weighted by molar-refractivity contribution is 0.0984. The van der Waals surface area contributed by atoms with E-state index < -0.39 is 11.9 Å². The zero-order chi connectivity index (χ0) is 24.5. The summed E-state index contributed by atoms with van der Waals surface area (Å²) in [6, 6.07) is 11.4. The highest BCUT2D eigenvalue weighted by Crippen LogP contribution is 2.35. The highest BCUT2D eigenvalue weighted by molar-refractivity contribution is 6.07. The summed E-state index contributed by atoms with van der Waals surface area (Å²) in [7, 11) is 2.67. The number of hydrogen-bond donors (Lipinski definition) is 1. The van der Waals surface area contributed by atoms with Gasteiger partial charge in [-0.2, -0.15) is 0 Å². The maximum Gasteiger partial charge on any atom is 0.412 e. The number of amides is 2. The number of imidazole rings is 1. The van der Waals surface area contributed by atoms with E-state index in [9.17, 15) is 14.0 Å². The Balaban J connectivity index is 1.48. The molecule has 4 aromatic rings. The molecule has 178 valence electrons. The minimum absolute atomic E-state index is 0.0506. The molecule has 0 spiro atoms. The van der Waals surface area contributed by atoms with Gasteiger partial charge in [0.2, 0.25) is 0 Å². The number of ether oxygens (including phenoxy) is 2. The fourth-order valence-corrected chi connectivity index (χ4v) is 3.86. The van der Waals surface area contributed by atoms with Crippen molar-refractivity contribution in [3.63, 3.8) is 0 Å². The first kappa shape index (κ1) is 22.3. The van der Waals surface area contributed by atoms with E-state index >= 15 is 0 Å². The Hall–Kier alpha value is -4.47. The van der Waals surface area contributed by atoms with Gasteiger partial charge in [0.1, 0.15) is 11.5 Å². The minimum Gasteiger partial charge on any atom is -0.494 e. The molecule has 1 aliphatic carbocycles. The molecule has 1 aromatic carbocycles. The van der Waals surface area contributed by atoms with Crippen molar-refractivity contribution in [3.8, 4) is 17.0 Å². The second-order valence-corrected chi connectivity index (χ2v) is 8.06. The molecule has 1 fully saturated rings. The molecule has 0 bridgehead atoms. The highest BCUT2D eigenvalue weighted by Gasteiger charge is 2.35. The molecule has 3 heterocycles.